The monoisotopic (exact) mass is 436 g/mol. The van der Waals surface area contributed by atoms with Gasteiger partial charge in [-0.2, -0.15) is 0 Å². The number of hydrogen-bond acceptors (Lipinski definition) is 3. The predicted octanol–water partition coefficient (Wildman–Crippen LogP) is 4.95. The molecule has 0 bridgehead atoms. The first kappa shape index (κ1) is 22.6. The first-order valence-electron chi connectivity index (χ1n) is 10.4. The van der Waals surface area contributed by atoms with Crippen LogP contribution in [0.4, 0.5) is 11.4 Å². The average Bonchev–Trinajstić information content (AvgIpc) is 2.79. The van der Waals surface area contributed by atoms with Gasteiger partial charge in [-0.1, -0.05) is 67.9 Å². The highest BCUT2D eigenvalue weighted by Gasteiger charge is 2.27. The second-order valence-electron chi connectivity index (χ2n) is 7.37. The van der Waals surface area contributed by atoms with Gasteiger partial charge in [0.1, 0.15) is 6.54 Å². The number of sulfonamides is 1. The average molecular weight is 437 g/mol. The van der Waals surface area contributed by atoms with E-state index in [2.05, 4.69) is 5.32 Å². The number of hydrogen-bond donors (Lipinski definition) is 1. The van der Waals surface area contributed by atoms with Gasteiger partial charge in [-0.15, -0.1) is 0 Å². The van der Waals surface area contributed by atoms with Crippen molar-refractivity contribution in [1.82, 2.24) is 0 Å². The molecule has 0 fully saturated rings. The van der Waals surface area contributed by atoms with E-state index in [9.17, 15) is 13.2 Å². The second kappa shape index (κ2) is 9.79. The minimum atomic E-state index is -3.91. The van der Waals surface area contributed by atoms with E-state index < -0.39 is 10.0 Å². The number of benzene rings is 3. The Balaban J connectivity index is 1.96. The van der Waals surface area contributed by atoms with Crippen molar-refractivity contribution in [2.24, 2.45) is 0 Å². The zero-order chi connectivity index (χ0) is 22.4. The predicted molar refractivity (Wildman–Crippen MR) is 126 cm³/mol. The van der Waals surface area contributed by atoms with Gasteiger partial charge in [-0.05, 0) is 55.2 Å². The molecule has 3 rings (SSSR count). The number of rotatable bonds is 8. The molecule has 6 heteroatoms. The smallest absolute Gasteiger partial charge is 0.264 e. The molecule has 0 atom stereocenters. The number of nitrogens with one attached hydrogen (secondary N) is 1. The molecule has 0 radical (unpaired) electrons. The maximum atomic E-state index is 13.4. The highest BCUT2D eigenvalue weighted by molar-refractivity contribution is 7.92. The van der Waals surface area contributed by atoms with Crippen LogP contribution < -0.4 is 9.62 Å². The quantitative estimate of drug-likeness (QED) is 0.543. The number of carbonyl (C=O) groups excluding carboxylic acids is 1. The van der Waals surface area contributed by atoms with Crippen molar-refractivity contribution >= 4 is 27.3 Å². The van der Waals surface area contributed by atoms with Crippen LogP contribution in [0, 0.1) is 6.92 Å². The molecule has 0 spiro atoms. The van der Waals surface area contributed by atoms with Crippen molar-refractivity contribution in [3.63, 3.8) is 0 Å². The van der Waals surface area contributed by atoms with Crippen molar-refractivity contribution in [2.45, 2.75) is 38.5 Å². The molecule has 0 aliphatic carbocycles. The van der Waals surface area contributed by atoms with Gasteiger partial charge in [0.05, 0.1) is 10.6 Å². The van der Waals surface area contributed by atoms with Crippen molar-refractivity contribution < 1.29 is 13.2 Å². The van der Waals surface area contributed by atoms with E-state index in [1.54, 1.807) is 30.3 Å². The molecule has 0 aromatic heterocycles. The van der Waals surface area contributed by atoms with E-state index in [0.29, 0.717) is 5.69 Å². The molecule has 1 amide bonds. The number of para-hydroxylation sites is 1. The highest BCUT2D eigenvalue weighted by Crippen LogP contribution is 2.26. The first-order chi connectivity index (χ1) is 14.9. The standard InChI is InChI=1S/C25H28N2O3S/c1-4-20-10-9-11-21(5-2)25(20)26-24(28)18-27(22-16-14-19(3)15-17-22)31(29,30)23-12-7-6-8-13-23/h6-17H,4-5,18H2,1-3H3,(H,26,28). The Hall–Kier alpha value is -3.12. The maximum absolute atomic E-state index is 13.4. The Kier molecular flexibility index (Phi) is 7.13. The summed E-state index contributed by atoms with van der Waals surface area (Å²) in [5.41, 5.74) is 4.29. The summed E-state index contributed by atoms with van der Waals surface area (Å²) in [6.45, 7) is 5.67. The van der Waals surface area contributed by atoms with Gasteiger partial charge in [0.25, 0.3) is 10.0 Å². The van der Waals surface area contributed by atoms with Gasteiger partial charge >= 0.3 is 0 Å². The third-order valence-corrected chi connectivity index (χ3v) is 6.99. The van der Waals surface area contributed by atoms with E-state index >= 15 is 0 Å². The van der Waals surface area contributed by atoms with Crippen LogP contribution in [0.2, 0.25) is 0 Å². The van der Waals surface area contributed by atoms with Crippen LogP contribution in [-0.2, 0) is 27.7 Å². The number of carbonyl (C=O) groups is 1. The van der Waals surface area contributed by atoms with Crippen LogP contribution in [0.5, 0.6) is 0 Å². The van der Waals surface area contributed by atoms with Crippen molar-refractivity contribution in [3.8, 4) is 0 Å². The fourth-order valence-electron chi connectivity index (χ4n) is 3.46. The second-order valence-corrected chi connectivity index (χ2v) is 9.23. The summed E-state index contributed by atoms with van der Waals surface area (Å²) in [5.74, 6) is -0.379. The summed E-state index contributed by atoms with van der Waals surface area (Å²) in [5, 5.41) is 2.97. The van der Waals surface area contributed by atoms with Crippen LogP contribution in [0.15, 0.2) is 77.7 Å². The van der Waals surface area contributed by atoms with E-state index in [4.69, 9.17) is 0 Å². The van der Waals surface area contributed by atoms with Crippen LogP contribution in [0.25, 0.3) is 0 Å². The van der Waals surface area contributed by atoms with E-state index in [1.807, 2.05) is 51.1 Å². The molecule has 0 aliphatic rings. The lowest BCUT2D eigenvalue weighted by Gasteiger charge is -2.25. The van der Waals surface area contributed by atoms with E-state index in [1.165, 1.54) is 12.1 Å². The molecular formula is C25H28N2O3S. The normalized spacial score (nSPS) is 11.2. The number of amides is 1. The van der Waals surface area contributed by atoms with Gasteiger partial charge in [0, 0.05) is 5.69 Å². The molecular weight excluding hydrogens is 408 g/mol. The SMILES string of the molecule is CCc1cccc(CC)c1NC(=O)CN(c1ccc(C)cc1)S(=O)(=O)c1ccccc1. The lowest BCUT2D eigenvalue weighted by molar-refractivity contribution is -0.114. The zero-order valence-electron chi connectivity index (χ0n) is 18.1. The molecule has 5 nitrogen and oxygen atoms in total. The zero-order valence-corrected chi connectivity index (χ0v) is 18.9. The fraction of sp³-hybridized carbons (Fsp3) is 0.240. The number of nitrogens with zero attached hydrogens (tertiary/aromatic N) is 1. The van der Waals surface area contributed by atoms with Gasteiger partial charge in [0.15, 0.2) is 0 Å². The lowest BCUT2D eigenvalue weighted by atomic mass is 10.0. The van der Waals surface area contributed by atoms with E-state index in [-0.39, 0.29) is 17.3 Å². The van der Waals surface area contributed by atoms with Gasteiger partial charge in [-0.3, -0.25) is 9.10 Å². The summed E-state index contributed by atoms with van der Waals surface area (Å²) < 4.78 is 28.0. The Labute approximate surface area is 184 Å². The van der Waals surface area contributed by atoms with Crippen LogP contribution >= 0.6 is 0 Å². The molecule has 31 heavy (non-hydrogen) atoms. The van der Waals surface area contributed by atoms with Crippen LogP contribution in [0.3, 0.4) is 0 Å². The summed E-state index contributed by atoms with van der Waals surface area (Å²) in [6.07, 6.45) is 1.54. The fourth-order valence-corrected chi connectivity index (χ4v) is 4.90. The minimum absolute atomic E-state index is 0.145. The largest absolute Gasteiger partial charge is 0.324 e. The van der Waals surface area contributed by atoms with Crippen LogP contribution in [-0.4, -0.2) is 20.9 Å². The first-order valence-corrected chi connectivity index (χ1v) is 11.9. The molecule has 3 aromatic rings. The summed E-state index contributed by atoms with van der Waals surface area (Å²) >= 11 is 0. The van der Waals surface area contributed by atoms with Gasteiger partial charge < -0.3 is 5.32 Å². The summed E-state index contributed by atoms with van der Waals surface area (Å²) in [4.78, 5) is 13.2. The van der Waals surface area contributed by atoms with E-state index in [0.717, 1.165) is 39.5 Å². The Morgan fingerprint density at radius 2 is 1.42 bits per heavy atom. The maximum Gasteiger partial charge on any atom is 0.264 e. The lowest BCUT2D eigenvalue weighted by Crippen LogP contribution is -2.38. The minimum Gasteiger partial charge on any atom is -0.324 e. The third-order valence-electron chi connectivity index (χ3n) is 5.20. The van der Waals surface area contributed by atoms with Gasteiger partial charge in [0.2, 0.25) is 5.91 Å². The Morgan fingerprint density at radius 3 is 1.97 bits per heavy atom. The summed E-state index contributed by atoms with van der Waals surface area (Å²) in [7, 11) is -3.91. The molecule has 0 heterocycles. The highest BCUT2D eigenvalue weighted by atomic mass is 32.2. The van der Waals surface area contributed by atoms with Crippen molar-refractivity contribution in [3.05, 3.63) is 89.5 Å². The van der Waals surface area contributed by atoms with Gasteiger partial charge in [-0.25, -0.2) is 8.42 Å². The number of aryl methyl sites for hydroxylation is 3. The summed E-state index contributed by atoms with van der Waals surface area (Å²) in [6, 6.07) is 21.2. The molecule has 0 saturated heterocycles. The Bertz CT molecular complexity index is 1120. The number of anilines is 2. The molecule has 0 saturated carbocycles. The topological polar surface area (TPSA) is 66.5 Å². The van der Waals surface area contributed by atoms with Crippen molar-refractivity contribution in [2.75, 3.05) is 16.2 Å². The molecule has 3 aromatic carbocycles. The molecule has 1 N–H and O–H groups in total. The Morgan fingerprint density at radius 1 is 0.839 bits per heavy atom. The van der Waals surface area contributed by atoms with Crippen LogP contribution in [0.1, 0.15) is 30.5 Å². The molecule has 0 unspecified atom stereocenters. The molecule has 162 valence electrons. The third kappa shape index (κ3) is 5.14. The molecule has 0 aliphatic heterocycles. The van der Waals surface area contributed by atoms with Crippen molar-refractivity contribution in [1.29, 1.82) is 0 Å².